The number of piperidine rings is 1. The van der Waals surface area contributed by atoms with Gasteiger partial charge >= 0.3 is 17.9 Å². The molecule has 0 aromatic heterocycles. The van der Waals surface area contributed by atoms with E-state index in [4.69, 9.17) is 24.1 Å². The fraction of sp³-hybridized carbons (Fsp3) is 0.586. The first-order valence-electron chi connectivity index (χ1n) is 13.9. The summed E-state index contributed by atoms with van der Waals surface area (Å²) in [6, 6.07) is 3.73. The van der Waals surface area contributed by atoms with Crippen LogP contribution < -0.4 is 14.8 Å². The van der Waals surface area contributed by atoms with E-state index in [2.05, 4.69) is 10.2 Å². The number of nitrogens with one attached hydrogen (secondary N) is 1. The number of aliphatic hydroxyl groups is 1. The third-order valence-corrected chi connectivity index (χ3v) is 8.86. The molecule has 222 valence electrons. The highest BCUT2D eigenvalue weighted by Crippen LogP contribution is 2.65. The van der Waals surface area contributed by atoms with E-state index in [1.807, 2.05) is 19.2 Å². The Kier molecular flexibility index (Phi) is 7.73. The number of methoxy groups -OCH3 is 1. The number of aliphatic carboxylic acids is 1. The number of rotatable bonds is 11. The molecule has 5 rings (SSSR count). The van der Waals surface area contributed by atoms with Crippen LogP contribution in [0.2, 0.25) is 0 Å². The average molecular weight is 573 g/mol. The lowest BCUT2D eigenvalue weighted by molar-refractivity contribution is -0.175. The second-order valence-electron chi connectivity index (χ2n) is 11.2. The predicted molar refractivity (Wildman–Crippen MR) is 142 cm³/mol. The van der Waals surface area contributed by atoms with Gasteiger partial charge in [-0.3, -0.25) is 14.4 Å². The highest BCUT2D eigenvalue weighted by molar-refractivity contribution is 5.81. The van der Waals surface area contributed by atoms with E-state index in [1.165, 1.54) is 6.92 Å². The van der Waals surface area contributed by atoms with Gasteiger partial charge < -0.3 is 39.4 Å². The summed E-state index contributed by atoms with van der Waals surface area (Å²) in [4.78, 5) is 49.8. The zero-order valence-corrected chi connectivity index (χ0v) is 23.4. The first-order valence-corrected chi connectivity index (χ1v) is 13.9. The number of likely N-dealkylation sites (N-methyl/N-ethyl adjacent to an activating group) is 1. The number of carbonyl (C=O) groups excluding carboxylic acids is 3. The molecule has 5 atom stereocenters. The van der Waals surface area contributed by atoms with Crippen LogP contribution in [0.1, 0.15) is 56.6 Å². The molecule has 1 saturated heterocycles. The van der Waals surface area contributed by atoms with Crippen molar-refractivity contribution in [2.45, 2.75) is 81.1 Å². The molecule has 41 heavy (non-hydrogen) atoms. The number of carboxylic acid groups (broad SMARTS) is 1. The number of hydrogen-bond acceptors (Lipinski definition) is 10. The molecule has 1 fully saturated rings. The summed E-state index contributed by atoms with van der Waals surface area (Å²) in [5.74, 6) is -1.45. The van der Waals surface area contributed by atoms with Gasteiger partial charge in [-0.25, -0.2) is 4.79 Å². The molecule has 4 aliphatic rings. The zero-order valence-electron chi connectivity index (χ0n) is 23.4. The summed E-state index contributed by atoms with van der Waals surface area (Å²) >= 11 is 0. The molecule has 2 aliphatic heterocycles. The topological polar surface area (TPSA) is 161 Å². The highest BCUT2D eigenvalue weighted by Gasteiger charge is 2.72. The van der Waals surface area contributed by atoms with E-state index >= 15 is 0 Å². The quantitative estimate of drug-likeness (QED) is 0.327. The van der Waals surface area contributed by atoms with Crippen LogP contribution in [0.25, 0.3) is 0 Å². The van der Waals surface area contributed by atoms with Gasteiger partial charge in [0.05, 0.1) is 24.5 Å². The van der Waals surface area contributed by atoms with E-state index in [0.29, 0.717) is 24.3 Å². The molecule has 1 amide bonds. The van der Waals surface area contributed by atoms with E-state index in [-0.39, 0.29) is 56.4 Å². The maximum atomic E-state index is 13.0. The number of likely N-dealkylation sites (tertiary alicyclic amines) is 1. The summed E-state index contributed by atoms with van der Waals surface area (Å²) in [5, 5.41) is 23.4. The molecule has 2 heterocycles. The Morgan fingerprint density at radius 2 is 2.00 bits per heavy atom. The molecule has 0 unspecified atom stereocenters. The van der Waals surface area contributed by atoms with Crippen LogP contribution in [-0.2, 0) is 40.5 Å². The number of carbonyl (C=O) groups is 4. The molecular formula is C29H36N2O10. The molecule has 12 nitrogen and oxygen atoms in total. The molecule has 1 aromatic carbocycles. The maximum Gasteiger partial charge on any atom is 0.352 e. The van der Waals surface area contributed by atoms with Crippen molar-refractivity contribution in [3.63, 3.8) is 0 Å². The van der Waals surface area contributed by atoms with Gasteiger partial charge in [-0.15, -0.1) is 0 Å². The average Bonchev–Trinajstić information content (AvgIpc) is 3.27. The van der Waals surface area contributed by atoms with Crippen molar-refractivity contribution in [1.82, 2.24) is 10.2 Å². The van der Waals surface area contributed by atoms with Crippen molar-refractivity contribution >= 4 is 23.8 Å². The van der Waals surface area contributed by atoms with Crippen molar-refractivity contribution < 1.29 is 48.3 Å². The van der Waals surface area contributed by atoms with Gasteiger partial charge in [0.15, 0.2) is 23.7 Å². The number of benzene rings is 1. The molecule has 2 aliphatic carbocycles. The SMILES string of the molecule is COc1ccc2c3c1O[C@@H]1C(OC(=O)[C@H](C)OC(=O)CCNC(=O)CCCC(=O)O)=CC[C@]4(O)[C@H](C2)N(C)CC[C@@]314. The number of nitrogens with zero attached hydrogens (tertiary/aromatic N) is 1. The third-order valence-electron chi connectivity index (χ3n) is 8.86. The number of ether oxygens (including phenoxy) is 4. The zero-order chi connectivity index (χ0) is 29.5. The summed E-state index contributed by atoms with van der Waals surface area (Å²) in [6.45, 7) is 2.13. The van der Waals surface area contributed by atoms with Crippen molar-refractivity contribution in [2.75, 3.05) is 27.2 Å². The Labute approximate surface area is 237 Å². The van der Waals surface area contributed by atoms with Gasteiger partial charge in [-0.2, -0.15) is 0 Å². The summed E-state index contributed by atoms with van der Waals surface area (Å²) < 4.78 is 23.1. The Bertz CT molecular complexity index is 1290. The summed E-state index contributed by atoms with van der Waals surface area (Å²) in [7, 11) is 3.57. The van der Waals surface area contributed by atoms with E-state index in [9.17, 15) is 24.3 Å². The maximum absolute atomic E-state index is 13.0. The van der Waals surface area contributed by atoms with Crippen molar-refractivity contribution in [3.05, 3.63) is 35.1 Å². The molecule has 3 N–H and O–H groups in total. The van der Waals surface area contributed by atoms with Crippen molar-refractivity contribution in [1.29, 1.82) is 0 Å². The molecule has 1 aromatic rings. The number of amides is 1. The fourth-order valence-corrected chi connectivity index (χ4v) is 6.88. The van der Waals surface area contributed by atoms with Gasteiger partial charge in [-0.1, -0.05) is 6.07 Å². The standard InChI is InChI=1S/C29H36N2O10/c1-16(39-23(35)10-13-30-21(32)5-4-6-22(33)34)27(36)40-19-9-11-29(37)20-15-17-7-8-18(38-3)25-24(17)28(29,26(19)41-25)12-14-31(20)2/h7-9,16,20,26,37H,4-6,10-15H2,1-3H3,(H,30,32)(H,33,34)/t16-,20-,26+,28+,29-/m0/s1. The van der Waals surface area contributed by atoms with Crippen LogP contribution in [0.15, 0.2) is 24.0 Å². The minimum atomic E-state index is -1.22. The lowest BCUT2D eigenvalue weighted by Gasteiger charge is -2.61. The van der Waals surface area contributed by atoms with Crippen LogP contribution in [0.4, 0.5) is 0 Å². The Hall–Kier alpha value is -3.64. The minimum Gasteiger partial charge on any atom is -0.493 e. The number of hydrogen-bond donors (Lipinski definition) is 3. The molecule has 2 bridgehead atoms. The van der Waals surface area contributed by atoms with Crippen molar-refractivity contribution in [3.8, 4) is 11.5 Å². The van der Waals surface area contributed by atoms with Crippen LogP contribution >= 0.6 is 0 Å². The largest absolute Gasteiger partial charge is 0.493 e. The van der Waals surface area contributed by atoms with Crippen LogP contribution in [-0.4, -0.2) is 90.0 Å². The Balaban J connectivity index is 1.25. The van der Waals surface area contributed by atoms with Gasteiger partial charge in [0.25, 0.3) is 0 Å². The van der Waals surface area contributed by atoms with E-state index < -0.39 is 41.1 Å². The fourth-order valence-electron chi connectivity index (χ4n) is 6.88. The Morgan fingerprint density at radius 1 is 1.22 bits per heavy atom. The van der Waals surface area contributed by atoms with E-state index in [0.717, 1.165) is 17.7 Å². The summed E-state index contributed by atoms with van der Waals surface area (Å²) in [5.41, 5.74) is 0.0313. The van der Waals surface area contributed by atoms with Crippen molar-refractivity contribution in [2.24, 2.45) is 0 Å². The second kappa shape index (κ2) is 11.0. The number of carboxylic acids is 1. The monoisotopic (exact) mass is 572 g/mol. The summed E-state index contributed by atoms with van der Waals surface area (Å²) in [6.07, 6.45) is 1.19. The first kappa shape index (κ1) is 28.9. The predicted octanol–water partition coefficient (Wildman–Crippen LogP) is 1.21. The molecule has 12 heteroatoms. The normalized spacial score (nSPS) is 28.0. The third kappa shape index (κ3) is 4.82. The molecular weight excluding hydrogens is 536 g/mol. The first-order chi connectivity index (χ1) is 19.5. The van der Waals surface area contributed by atoms with E-state index in [1.54, 1.807) is 13.2 Å². The Morgan fingerprint density at radius 3 is 2.73 bits per heavy atom. The lowest BCUT2D eigenvalue weighted by atomic mass is 9.50. The minimum absolute atomic E-state index is 0.00723. The lowest BCUT2D eigenvalue weighted by Crippen LogP contribution is -2.74. The molecule has 0 radical (unpaired) electrons. The van der Waals surface area contributed by atoms with Gasteiger partial charge in [0.2, 0.25) is 5.91 Å². The highest BCUT2D eigenvalue weighted by atomic mass is 16.6. The molecule has 1 spiro atoms. The smallest absolute Gasteiger partial charge is 0.352 e. The molecule has 0 saturated carbocycles. The van der Waals surface area contributed by atoms with Gasteiger partial charge in [0, 0.05) is 37.4 Å². The number of esters is 2. The van der Waals surface area contributed by atoms with Gasteiger partial charge in [0.1, 0.15) is 5.76 Å². The van der Waals surface area contributed by atoms with Crippen LogP contribution in [0.3, 0.4) is 0 Å². The van der Waals surface area contributed by atoms with Gasteiger partial charge in [-0.05, 0) is 57.5 Å². The second-order valence-corrected chi connectivity index (χ2v) is 11.2. The van der Waals surface area contributed by atoms with Crippen LogP contribution in [0, 0.1) is 0 Å². The van der Waals surface area contributed by atoms with Crippen LogP contribution in [0.5, 0.6) is 11.5 Å².